The Hall–Kier alpha value is -3.08. The van der Waals surface area contributed by atoms with Crippen LogP contribution < -0.4 is 10.6 Å². The van der Waals surface area contributed by atoms with Crippen LogP contribution in [0.5, 0.6) is 0 Å². The highest BCUT2D eigenvalue weighted by Gasteiger charge is 2.07. The fraction of sp³-hybridized carbons (Fsp3) is 0.238. The van der Waals surface area contributed by atoms with Crippen LogP contribution in [-0.2, 0) is 13.1 Å². The molecule has 0 spiro atoms. The molecule has 0 saturated carbocycles. The monoisotopic (exact) mass is 348 g/mol. The van der Waals surface area contributed by atoms with Gasteiger partial charge in [0.25, 0.3) is 0 Å². The minimum Gasteiger partial charge on any atom is -0.357 e. The van der Waals surface area contributed by atoms with Crippen molar-refractivity contribution in [3.05, 3.63) is 77.5 Å². The Morgan fingerprint density at radius 1 is 1.04 bits per heavy atom. The van der Waals surface area contributed by atoms with E-state index in [9.17, 15) is 0 Å². The Balaban J connectivity index is 1.63. The van der Waals surface area contributed by atoms with Gasteiger partial charge in [-0.1, -0.05) is 59.8 Å². The molecule has 26 heavy (non-hydrogen) atoms. The van der Waals surface area contributed by atoms with E-state index in [1.807, 2.05) is 48.5 Å². The Kier molecular flexibility index (Phi) is 6.04. The quantitative estimate of drug-likeness (QED) is 0.524. The summed E-state index contributed by atoms with van der Waals surface area (Å²) in [6.45, 7) is 6.14. The Morgan fingerprint density at radius 3 is 2.58 bits per heavy atom. The van der Waals surface area contributed by atoms with Crippen LogP contribution in [0, 0.1) is 6.92 Å². The molecule has 0 atom stereocenters. The zero-order chi connectivity index (χ0) is 18.2. The molecule has 0 unspecified atom stereocenters. The maximum atomic E-state index is 5.44. The third-order valence-corrected chi connectivity index (χ3v) is 4.07. The number of benzene rings is 2. The fourth-order valence-electron chi connectivity index (χ4n) is 2.60. The molecule has 0 fully saturated rings. The van der Waals surface area contributed by atoms with Gasteiger partial charge >= 0.3 is 0 Å². The summed E-state index contributed by atoms with van der Waals surface area (Å²) in [5, 5.41) is 10.7. The predicted octanol–water partition coefficient (Wildman–Crippen LogP) is 3.91. The summed E-state index contributed by atoms with van der Waals surface area (Å²) < 4.78 is 5.44. The molecular weight excluding hydrogens is 324 g/mol. The van der Waals surface area contributed by atoms with Crippen molar-refractivity contribution in [2.45, 2.75) is 26.9 Å². The second kappa shape index (κ2) is 8.85. The number of nitrogens with zero attached hydrogens (tertiary/aromatic N) is 2. The number of hydrogen-bond acceptors (Lipinski definition) is 3. The van der Waals surface area contributed by atoms with Gasteiger partial charge in [-0.25, -0.2) is 4.99 Å². The lowest BCUT2D eigenvalue weighted by Crippen LogP contribution is -2.36. The predicted molar refractivity (Wildman–Crippen MR) is 105 cm³/mol. The van der Waals surface area contributed by atoms with Crippen LogP contribution in [0.25, 0.3) is 11.3 Å². The van der Waals surface area contributed by atoms with Gasteiger partial charge in [0, 0.05) is 18.2 Å². The average molecular weight is 348 g/mol. The molecule has 2 N–H and O–H groups in total. The highest BCUT2D eigenvalue weighted by Crippen LogP contribution is 2.19. The summed E-state index contributed by atoms with van der Waals surface area (Å²) in [6.07, 6.45) is 0. The standard InChI is InChI=1S/C21H24N4O/c1-3-22-21(23-14-18-12-8-7-9-16(18)2)24-15-19-13-20(26-25-19)17-10-5-4-6-11-17/h4-13H,3,14-15H2,1-2H3,(H2,22,23,24). The van der Waals surface area contributed by atoms with Crippen LogP contribution in [0.2, 0.25) is 0 Å². The molecule has 0 bridgehead atoms. The molecule has 2 aromatic carbocycles. The molecule has 0 saturated heterocycles. The number of rotatable bonds is 6. The third kappa shape index (κ3) is 4.72. The second-order valence-corrected chi connectivity index (χ2v) is 6.02. The Labute approximate surface area is 154 Å². The summed E-state index contributed by atoms with van der Waals surface area (Å²) in [5.74, 6) is 1.53. The van der Waals surface area contributed by atoms with Gasteiger partial charge in [-0.2, -0.15) is 0 Å². The van der Waals surface area contributed by atoms with Gasteiger partial charge in [0.15, 0.2) is 11.7 Å². The highest BCUT2D eigenvalue weighted by atomic mass is 16.5. The van der Waals surface area contributed by atoms with Gasteiger partial charge in [0.2, 0.25) is 0 Å². The molecule has 0 aliphatic carbocycles. The van der Waals surface area contributed by atoms with Crippen molar-refractivity contribution < 1.29 is 4.52 Å². The second-order valence-electron chi connectivity index (χ2n) is 6.02. The van der Waals surface area contributed by atoms with Crippen molar-refractivity contribution in [3.63, 3.8) is 0 Å². The van der Waals surface area contributed by atoms with E-state index < -0.39 is 0 Å². The van der Waals surface area contributed by atoms with Gasteiger partial charge in [-0.05, 0) is 25.0 Å². The minimum absolute atomic E-state index is 0.552. The van der Waals surface area contributed by atoms with Gasteiger partial charge in [-0.3, -0.25) is 0 Å². The maximum Gasteiger partial charge on any atom is 0.191 e. The SMILES string of the molecule is CCNC(=NCc1ccccc1C)NCc1cc(-c2ccccc2)on1. The minimum atomic E-state index is 0.552. The fourth-order valence-corrected chi connectivity index (χ4v) is 2.60. The van der Waals surface area contributed by atoms with E-state index in [0.717, 1.165) is 29.5 Å². The lowest BCUT2D eigenvalue weighted by atomic mass is 10.1. The molecule has 0 radical (unpaired) electrons. The van der Waals surface area contributed by atoms with E-state index in [4.69, 9.17) is 4.52 Å². The maximum absolute atomic E-state index is 5.44. The van der Waals surface area contributed by atoms with Crippen LogP contribution in [0.15, 0.2) is 70.2 Å². The first-order chi connectivity index (χ1) is 12.8. The van der Waals surface area contributed by atoms with Gasteiger partial charge in [-0.15, -0.1) is 0 Å². The van der Waals surface area contributed by atoms with Gasteiger partial charge < -0.3 is 15.2 Å². The summed E-state index contributed by atoms with van der Waals surface area (Å²) in [4.78, 5) is 4.66. The van der Waals surface area contributed by atoms with Crippen LogP contribution in [0.4, 0.5) is 0 Å². The zero-order valence-electron chi connectivity index (χ0n) is 15.2. The Bertz CT molecular complexity index is 855. The van der Waals surface area contributed by atoms with Gasteiger partial charge in [0.1, 0.15) is 5.69 Å². The molecule has 0 aliphatic rings. The number of aromatic nitrogens is 1. The number of guanidine groups is 1. The van der Waals surface area contributed by atoms with Crippen LogP contribution >= 0.6 is 0 Å². The number of aliphatic imine (C=N–C) groups is 1. The van der Waals surface area contributed by atoms with E-state index >= 15 is 0 Å². The van der Waals surface area contributed by atoms with E-state index in [1.54, 1.807) is 0 Å². The van der Waals surface area contributed by atoms with Gasteiger partial charge in [0.05, 0.1) is 13.1 Å². The van der Waals surface area contributed by atoms with E-state index in [-0.39, 0.29) is 0 Å². The molecule has 134 valence electrons. The largest absolute Gasteiger partial charge is 0.357 e. The van der Waals surface area contributed by atoms with Crippen molar-refractivity contribution in [3.8, 4) is 11.3 Å². The molecule has 3 aromatic rings. The smallest absolute Gasteiger partial charge is 0.191 e. The van der Waals surface area contributed by atoms with E-state index in [1.165, 1.54) is 11.1 Å². The highest BCUT2D eigenvalue weighted by molar-refractivity contribution is 5.79. The molecule has 5 heteroatoms. The molecule has 1 aromatic heterocycles. The lowest BCUT2D eigenvalue weighted by molar-refractivity contribution is 0.422. The Morgan fingerprint density at radius 2 is 1.81 bits per heavy atom. The molecule has 0 amide bonds. The van der Waals surface area contributed by atoms with Crippen molar-refractivity contribution in [1.29, 1.82) is 0 Å². The summed E-state index contributed by atoms with van der Waals surface area (Å²) in [6, 6.07) is 20.2. The summed E-state index contributed by atoms with van der Waals surface area (Å²) in [5.41, 5.74) is 4.32. The number of aryl methyl sites for hydroxylation is 1. The lowest BCUT2D eigenvalue weighted by Gasteiger charge is -2.10. The summed E-state index contributed by atoms with van der Waals surface area (Å²) in [7, 11) is 0. The number of hydrogen-bond donors (Lipinski definition) is 2. The van der Waals surface area contributed by atoms with E-state index in [0.29, 0.717) is 13.1 Å². The first-order valence-corrected chi connectivity index (χ1v) is 8.84. The molecule has 1 heterocycles. The molecule has 3 rings (SSSR count). The number of nitrogens with one attached hydrogen (secondary N) is 2. The topological polar surface area (TPSA) is 62.5 Å². The van der Waals surface area contributed by atoms with Crippen molar-refractivity contribution in [2.24, 2.45) is 4.99 Å². The molecular formula is C21H24N4O. The van der Waals surface area contributed by atoms with Crippen molar-refractivity contribution in [1.82, 2.24) is 15.8 Å². The average Bonchev–Trinajstić information content (AvgIpc) is 3.15. The van der Waals surface area contributed by atoms with Crippen molar-refractivity contribution >= 4 is 5.96 Å². The van der Waals surface area contributed by atoms with Crippen LogP contribution in [0.3, 0.4) is 0 Å². The zero-order valence-corrected chi connectivity index (χ0v) is 15.2. The van der Waals surface area contributed by atoms with Crippen molar-refractivity contribution in [2.75, 3.05) is 6.54 Å². The molecule has 0 aliphatic heterocycles. The third-order valence-electron chi connectivity index (χ3n) is 4.07. The van der Waals surface area contributed by atoms with E-state index in [2.05, 4.69) is 46.8 Å². The first-order valence-electron chi connectivity index (χ1n) is 8.84. The first kappa shape index (κ1) is 17.7. The van der Waals surface area contributed by atoms with Crippen LogP contribution in [0.1, 0.15) is 23.7 Å². The van der Waals surface area contributed by atoms with Crippen LogP contribution in [-0.4, -0.2) is 17.7 Å². The summed E-state index contributed by atoms with van der Waals surface area (Å²) >= 11 is 0. The normalized spacial score (nSPS) is 11.4. The molecule has 5 nitrogen and oxygen atoms in total.